The van der Waals surface area contributed by atoms with Crippen LogP contribution in [-0.2, 0) is 16.0 Å². The standard InChI is InChI=1S/C17H25NO2/c1-14-7-3-4-8-15(14)13-17(19)18(2)11-10-16-9-5-6-12-20-16/h3-4,7-8,16H,5-6,9-13H2,1-2H3. The highest BCUT2D eigenvalue weighted by Gasteiger charge is 2.16. The second-order valence-electron chi connectivity index (χ2n) is 5.70. The van der Waals surface area contributed by atoms with Gasteiger partial charge in [0.05, 0.1) is 12.5 Å². The van der Waals surface area contributed by atoms with Crippen molar-refractivity contribution >= 4 is 5.91 Å². The fourth-order valence-electron chi connectivity index (χ4n) is 2.60. The van der Waals surface area contributed by atoms with E-state index in [9.17, 15) is 4.79 Å². The molecular weight excluding hydrogens is 250 g/mol. The zero-order valence-electron chi connectivity index (χ0n) is 12.6. The monoisotopic (exact) mass is 275 g/mol. The Kier molecular flexibility index (Phi) is 5.60. The van der Waals surface area contributed by atoms with Crippen LogP contribution in [-0.4, -0.2) is 37.1 Å². The Morgan fingerprint density at radius 2 is 2.15 bits per heavy atom. The highest BCUT2D eigenvalue weighted by molar-refractivity contribution is 5.78. The first-order chi connectivity index (χ1) is 9.66. The maximum Gasteiger partial charge on any atom is 0.226 e. The van der Waals surface area contributed by atoms with Crippen LogP contribution in [0.25, 0.3) is 0 Å². The van der Waals surface area contributed by atoms with E-state index in [1.54, 1.807) is 0 Å². The van der Waals surface area contributed by atoms with Gasteiger partial charge in [0.1, 0.15) is 0 Å². The topological polar surface area (TPSA) is 29.5 Å². The molecule has 1 amide bonds. The summed E-state index contributed by atoms with van der Waals surface area (Å²) in [5, 5.41) is 0. The third-order valence-corrected chi connectivity index (χ3v) is 4.09. The molecule has 3 nitrogen and oxygen atoms in total. The molecule has 0 bridgehead atoms. The molecule has 0 saturated carbocycles. The van der Waals surface area contributed by atoms with Crippen molar-refractivity contribution in [2.75, 3.05) is 20.2 Å². The van der Waals surface area contributed by atoms with Crippen molar-refractivity contribution in [2.24, 2.45) is 0 Å². The average Bonchev–Trinajstić information content (AvgIpc) is 2.48. The molecule has 1 unspecified atom stereocenters. The van der Waals surface area contributed by atoms with E-state index in [4.69, 9.17) is 4.74 Å². The SMILES string of the molecule is Cc1ccccc1CC(=O)N(C)CCC1CCCCO1. The molecule has 0 aliphatic carbocycles. The quantitative estimate of drug-likeness (QED) is 0.827. The molecule has 0 N–H and O–H groups in total. The second-order valence-corrected chi connectivity index (χ2v) is 5.70. The number of ether oxygens (including phenoxy) is 1. The summed E-state index contributed by atoms with van der Waals surface area (Å²) in [5.41, 5.74) is 2.31. The second kappa shape index (κ2) is 7.44. The first-order valence-electron chi connectivity index (χ1n) is 7.57. The zero-order valence-corrected chi connectivity index (χ0v) is 12.6. The predicted molar refractivity (Wildman–Crippen MR) is 80.7 cm³/mol. The maximum absolute atomic E-state index is 12.2. The van der Waals surface area contributed by atoms with Gasteiger partial charge in [-0.15, -0.1) is 0 Å². The molecule has 1 fully saturated rings. The Morgan fingerprint density at radius 1 is 1.35 bits per heavy atom. The largest absolute Gasteiger partial charge is 0.378 e. The summed E-state index contributed by atoms with van der Waals surface area (Å²) in [7, 11) is 1.89. The lowest BCUT2D eigenvalue weighted by molar-refractivity contribution is -0.129. The van der Waals surface area contributed by atoms with Gasteiger partial charge in [0, 0.05) is 20.2 Å². The van der Waals surface area contributed by atoms with Crippen molar-refractivity contribution in [3.63, 3.8) is 0 Å². The predicted octanol–water partition coefficient (Wildman–Crippen LogP) is 2.96. The number of amides is 1. The molecule has 110 valence electrons. The minimum Gasteiger partial charge on any atom is -0.378 e. The molecule has 2 rings (SSSR count). The highest BCUT2D eigenvalue weighted by Crippen LogP contribution is 2.16. The molecule has 3 heteroatoms. The van der Waals surface area contributed by atoms with Gasteiger partial charge in [-0.1, -0.05) is 24.3 Å². The Labute approximate surface area is 121 Å². The van der Waals surface area contributed by atoms with Gasteiger partial charge in [0.25, 0.3) is 0 Å². The van der Waals surface area contributed by atoms with Crippen LogP contribution in [0.4, 0.5) is 0 Å². The number of hydrogen-bond donors (Lipinski definition) is 0. The van der Waals surface area contributed by atoms with Gasteiger partial charge in [-0.25, -0.2) is 0 Å². The van der Waals surface area contributed by atoms with E-state index < -0.39 is 0 Å². The molecular formula is C17H25NO2. The Bertz CT molecular complexity index is 438. The number of likely N-dealkylation sites (N-methyl/N-ethyl adjacent to an activating group) is 1. The molecule has 1 atom stereocenters. The molecule has 1 heterocycles. The summed E-state index contributed by atoms with van der Waals surface area (Å²) in [6.45, 7) is 3.72. The van der Waals surface area contributed by atoms with Gasteiger partial charge < -0.3 is 9.64 Å². The van der Waals surface area contributed by atoms with Gasteiger partial charge in [0.15, 0.2) is 0 Å². The van der Waals surface area contributed by atoms with Gasteiger partial charge in [-0.3, -0.25) is 4.79 Å². The van der Waals surface area contributed by atoms with Crippen LogP contribution < -0.4 is 0 Å². The Balaban J connectivity index is 1.78. The van der Waals surface area contributed by atoms with E-state index in [-0.39, 0.29) is 5.91 Å². The lowest BCUT2D eigenvalue weighted by atomic mass is 10.0. The van der Waals surface area contributed by atoms with Crippen LogP contribution in [0, 0.1) is 6.92 Å². The van der Waals surface area contributed by atoms with Gasteiger partial charge >= 0.3 is 0 Å². The lowest BCUT2D eigenvalue weighted by Gasteiger charge is -2.25. The van der Waals surface area contributed by atoms with Crippen molar-refractivity contribution < 1.29 is 9.53 Å². The van der Waals surface area contributed by atoms with Crippen LogP contribution in [0.3, 0.4) is 0 Å². The molecule has 0 spiro atoms. The Hall–Kier alpha value is -1.35. The van der Waals surface area contributed by atoms with Crippen LogP contribution >= 0.6 is 0 Å². The van der Waals surface area contributed by atoms with Crippen molar-refractivity contribution in [2.45, 2.75) is 45.1 Å². The van der Waals surface area contributed by atoms with E-state index >= 15 is 0 Å². The summed E-state index contributed by atoms with van der Waals surface area (Å²) in [6.07, 6.45) is 5.37. The zero-order chi connectivity index (χ0) is 14.4. The summed E-state index contributed by atoms with van der Waals surface area (Å²) >= 11 is 0. The molecule has 1 aliphatic rings. The number of rotatable bonds is 5. The number of hydrogen-bond acceptors (Lipinski definition) is 2. The first kappa shape index (κ1) is 15.0. The molecule has 0 radical (unpaired) electrons. The van der Waals surface area contributed by atoms with E-state index in [0.29, 0.717) is 12.5 Å². The highest BCUT2D eigenvalue weighted by atomic mass is 16.5. The third kappa shape index (κ3) is 4.34. The van der Waals surface area contributed by atoms with Gasteiger partial charge in [0.2, 0.25) is 5.91 Å². The van der Waals surface area contributed by atoms with Crippen molar-refractivity contribution in [1.29, 1.82) is 0 Å². The molecule has 1 saturated heterocycles. The summed E-state index contributed by atoms with van der Waals surface area (Å²) < 4.78 is 5.71. The van der Waals surface area contributed by atoms with Crippen molar-refractivity contribution in [3.8, 4) is 0 Å². The normalized spacial score (nSPS) is 18.8. The first-order valence-corrected chi connectivity index (χ1v) is 7.57. The molecule has 0 aromatic heterocycles. The van der Waals surface area contributed by atoms with Crippen LogP contribution in [0.1, 0.15) is 36.8 Å². The van der Waals surface area contributed by atoms with E-state index in [1.165, 1.54) is 18.4 Å². The fraction of sp³-hybridized carbons (Fsp3) is 0.588. The molecule has 1 aliphatic heterocycles. The number of nitrogens with zero attached hydrogens (tertiary/aromatic N) is 1. The lowest BCUT2D eigenvalue weighted by Crippen LogP contribution is -2.32. The average molecular weight is 275 g/mol. The number of carbonyl (C=O) groups excluding carboxylic acids is 1. The molecule has 1 aromatic rings. The maximum atomic E-state index is 12.2. The smallest absolute Gasteiger partial charge is 0.226 e. The van der Waals surface area contributed by atoms with Crippen LogP contribution in [0.2, 0.25) is 0 Å². The van der Waals surface area contributed by atoms with E-state index in [0.717, 1.165) is 31.6 Å². The summed E-state index contributed by atoms with van der Waals surface area (Å²) in [5.74, 6) is 0.190. The van der Waals surface area contributed by atoms with Crippen LogP contribution in [0.5, 0.6) is 0 Å². The van der Waals surface area contributed by atoms with E-state index in [1.807, 2.05) is 30.1 Å². The fourth-order valence-corrected chi connectivity index (χ4v) is 2.60. The molecule has 1 aromatic carbocycles. The van der Waals surface area contributed by atoms with Crippen molar-refractivity contribution in [1.82, 2.24) is 4.90 Å². The number of carbonyl (C=O) groups is 1. The number of benzene rings is 1. The number of aryl methyl sites for hydroxylation is 1. The summed E-state index contributed by atoms with van der Waals surface area (Å²) in [4.78, 5) is 14.1. The third-order valence-electron chi connectivity index (χ3n) is 4.09. The van der Waals surface area contributed by atoms with E-state index in [2.05, 4.69) is 13.0 Å². The van der Waals surface area contributed by atoms with Gasteiger partial charge in [-0.05, 0) is 43.7 Å². The Morgan fingerprint density at radius 3 is 2.85 bits per heavy atom. The molecule has 20 heavy (non-hydrogen) atoms. The minimum absolute atomic E-state index is 0.190. The van der Waals surface area contributed by atoms with Gasteiger partial charge in [-0.2, -0.15) is 0 Å². The van der Waals surface area contributed by atoms with Crippen molar-refractivity contribution in [3.05, 3.63) is 35.4 Å². The van der Waals surface area contributed by atoms with Crippen LogP contribution in [0.15, 0.2) is 24.3 Å². The summed E-state index contributed by atoms with van der Waals surface area (Å²) in [6, 6.07) is 8.09. The minimum atomic E-state index is 0.190.